The number of hydrogen-bond acceptors (Lipinski definition) is 5. The number of esters is 1. The fraction of sp³-hybridized carbons (Fsp3) is 0.588. The van der Waals surface area contributed by atoms with E-state index in [1.807, 2.05) is 42.9 Å². The first kappa shape index (κ1) is 17.7. The molecule has 136 valence electrons. The van der Waals surface area contributed by atoms with Gasteiger partial charge in [0, 0.05) is 37.9 Å². The highest BCUT2D eigenvalue weighted by molar-refractivity contribution is 7.15. The highest BCUT2D eigenvalue weighted by atomic mass is 32.1. The van der Waals surface area contributed by atoms with Crippen LogP contribution < -0.4 is 5.32 Å². The van der Waals surface area contributed by atoms with Crippen LogP contribution in [0.4, 0.5) is 0 Å². The molecule has 1 aliphatic rings. The second kappa shape index (κ2) is 7.03. The number of nitrogens with one attached hydrogen (secondary N) is 1. The van der Waals surface area contributed by atoms with Crippen molar-refractivity contribution in [2.24, 2.45) is 10.9 Å². The quantitative estimate of drug-likeness (QED) is 0.514. The molecule has 0 aromatic carbocycles. The molecule has 0 saturated carbocycles. The standard InChI is InChI=1S/C17H25N5O2S/c1-17(2,3)24-14(23)12-5-6-21(10-12)15(18-4)19-9-13-11-22-7-8-25-16(22)20-13/h7-8,11-12H,5-6,9-10H2,1-4H3,(H,18,19). The number of carbonyl (C=O) groups excluding carboxylic acids is 1. The maximum Gasteiger partial charge on any atom is 0.311 e. The first-order valence-electron chi connectivity index (χ1n) is 8.45. The fourth-order valence-corrected chi connectivity index (χ4v) is 3.61. The Morgan fingerprint density at radius 2 is 2.32 bits per heavy atom. The van der Waals surface area contributed by atoms with E-state index in [9.17, 15) is 4.79 Å². The Hall–Kier alpha value is -2.09. The number of ether oxygens (including phenoxy) is 1. The van der Waals surface area contributed by atoms with Crippen LogP contribution in [0.15, 0.2) is 22.8 Å². The van der Waals surface area contributed by atoms with Gasteiger partial charge in [-0.25, -0.2) is 4.98 Å². The van der Waals surface area contributed by atoms with Crippen molar-refractivity contribution in [1.82, 2.24) is 19.6 Å². The summed E-state index contributed by atoms with van der Waals surface area (Å²) < 4.78 is 7.51. The minimum Gasteiger partial charge on any atom is -0.460 e. The lowest BCUT2D eigenvalue weighted by Crippen LogP contribution is -2.40. The molecule has 0 bridgehead atoms. The molecule has 1 saturated heterocycles. The van der Waals surface area contributed by atoms with Gasteiger partial charge in [-0.05, 0) is 27.2 Å². The van der Waals surface area contributed by atoms with Gasteiger partial charge in [0.25, 0.3) is 0 Å². The maximum absolute atomic E-state index is 12.2. The van der Waals surface area contributed by atoms with Crippen LogP contribution in [0.5, 0.6) is 0 Å². The molecule has 0 amide bonds. The molecule has 1 fully saturated rings. The van der Waals surface area contributed by atoms with Crippen LogP contribution in [0.3, 0.4) is 0 Å². The lowest BCUT2D eigenvalue weighted by molar-refractivity contribution is -0.159. The van der Waals surface area contributed by atoms with Crippen LogP contribution in [0, 0.1) is 5.92 Å². The number of thiazole rings is 1. The smallest absolute Gasteiger partial charge is 0.311 e. The molecule has 3 heterocycles. The molecular formula is C17H25N5O2S. The van der Waals surface area contributed by atoms with E-state index in [0.717, 1.165) is 29.6 Å². The Morgan fingerprint density at radius 1 is 1.52 bits per heavy atom. The largest absolute Gasteiger partial charge is 0.460 e. The van der Waals surface area contributed by atoms with Gasteiger partial charge in [0.2, 0.25) is 0 Å². The van der Waals surface area contributed by atoms with Gasteiger partial charge in [-0.15, -0.1) is 11.3 Å². The van der Waals surface area contributed by atoms with Crippen molar-refractivity contribution in [3.05, 3.63) is 23.5 Å². The molecule has 2 aromatic rings. The van der Waals surface area contributed by atoms with Crippen molar-refractivity contribution in [3.63, 3.8) is 0 Å². The molecule has 8 heteroatoms. The summed E-state index contributed by atoms with van der Waals surface area (Å²) in [7, 11) is 1.76. The molecule has 0 spiro atoms. The van der Waals surface area contributed by atoms with Crippen molar-refractivity contribution >= 4 is 28.2 Å². The predicted molar refractivity (Wildman–Crippen MR) is 98.8 cm³/mol. The normalized spacial score (nSPS) is 18.8. The zero-order valence-corrected chi connectivity index (χ0v) is 16.0. The number of aromatic nitrogens is 2. The van der Waals surface area contributed by atoms with E-state index in [1.165, 1.54) is 0 Å². The average Bonchev–Trinajstić information content (AvgIpc) is 3.21. The SMILES string of the molecule is CN=C(NCc1cn2ccsc2n1)N1CCC(C(=O)OC(C)(C)C)C1. The maximum atomic E-state index is 12.2. The predicted octanol–water partition coefficient (Wildman–Crippen LogP) is 2.13. The minimum atomic E-state index is -0.446. The van der Waals surface area contributed by atoms with E-state index in [4.69, 9.17) is 4.74 Å². The molecular weight excluding hydrogens is 338 g/mol. The Kier molecular flexibility index (Phi) is 4.99. The van der Waals surface area contributed by atoms with Crippen molar-refractivity contribution < 1.29 is 9.53 Å². The van der Waals surface area contributed by atoms with Gasteiger partial charge >= 0.3 is 5.97 Å². The third-order valence-electron chi connectivity index (χ3n) is 4.01. The number of carbonyl (C=O) groups is 1. The molecule has 7 nitrogen and oxygen atoms in total. The third kappa shape index (κ3) is 4.31. The first-order valence-corrected chi connectivity index (χ1v) is 9.33. The number of aliphatic imine (C=N–C) groups is 1. The number of rotatable bonds is 3. The van der Waals surface area contributed by atoms with Gasteiger partial charge in [0.05, 0.1) is 18.2 Å². The summed E-state index contributed by atoms with van der Waals surface area (Å²) in [5.74, 6) is 0.568. The van der Waals surface area contributed by atoms with Crippen molar-refractivity contribution in [3.8, 4) is 0 Å². The van der Waals surface area contributed by atoms with Crippen molar-refractivity contribution in [2.75, 3.05) is 20.1 Å². The Morgan fingerprint density at radius 3 is 3.00 bits per heavy atom. The Balaban J connectivity index is 1.55. The van der Waals surface area contributed by atoms with E-state index in [1.54, 1.807) is 18.4 Å². The first-order chi connectivity index (χ1) is 11.9. The van der Waals surface area contributed by atoms with E-state index in [0.29, 0.717) is 13.1 Å². The molecule has 1 N–H and O–H groups in total. The van der Waals surface area contributed by atoms with Crippen molar-refractivity contribution in [1.29, 1.82) is 0 Å². The number of hydrogen-bond donors (Lipinski definition) is 1. The van der Waals surface area contributed by atoms with Gasteiger partial charge in [0.15, 0.2) is 10.9 Å². The lowest BCUT2D eigenvalue weighted by Gasteiger charge is -2.23. The topological polar surface area (TPSA) is 71.2 Å². The highest BCUT2D eigenvalue weighted by Crippen LogP contribution is 2.21. The molecule has 3 rings (SSSR count). The van der Waals surface area contributed by atoms with Gasteiger partial charge in [0.1, 0.15) is 5.60 Å². The summed E-state index contributed by atoms with van der Waals surface area (Å²) in [5, 5.41) is 5.35. The van der Waals surface area contributed by atoms with Crippen LogP contribution in [-0.2, 0) is 16.1 Å². The van der Waals surface area contributed by atoms with E-state index >= 15 is 0 Å². The Bertz CT molecular complexity index is 745. The molecule has 2 aromatic heterocycles. The molecule has 1 atom stereocenters. The van der Waals surface area contributed by atoms with Gasteiger partial charge < -0.3 is 15.0 Å². The summed E-state index contributed by atoms with van der Waals surface area (Å²) in [4.78, 5) is 24.2. The van der Waals surface area contributed by atoms with E-state index in [-0.39, 0.29) is 11.9 Å². The van der Waals surface area contributed by atoms with Crippen LogP contribution in [0.2, 0.25) is 0 Å². The second-order valence-corrected chi connectivity index (χ2v) is 8.06. The molecule has 0 radical (unpaired) electrons. The van der Waals surface area contributed by atoms with Gasteiger partial charge in [-0.2, -0.15) is 0 Å². The van der Waals surface area contributed by atoms with E-state index in [2.05, 4.69) is 20.2 Å². The second-order valence-electron chi connectivity index (χ2n) is 7.19. The summed E-state index contributed by atoms with van der Waals surface area (Å²) in [6.07, 6.45) is 4.80. The zero-order valence-electron chi connectivity index (χ0n) is 15.2. The van der Waals surface area contributed by atoms with Crippen LogP contribution >= 0.6 is 11.3 Å². The number of likely N-dealkylation sites (tertiary alicyclic amines) is 1. The number of imidazole rings is 1. The molecule has 1 unspecified atom stereocenters. The zero-order chi connectivity index (χ0) is 18.0. The van der Waals surface area contributed by atoms with Crippen LogP contribution in [-0.4, -0.2) is 52.0 Å². The van der Waals surface area contributed by atoms with E-state index < -0.39 is 5.60 Å². The molecule has 25 heavy (non-hydrogen) atoms. The van der Waals surface area contributed by atoms with Gasteiger partial charge in [-0.3, -0.25) is 14.2 Å². The summed E-state index contributed by atoms with van der Waals surface area (Å²) in [6, 6.07) is 0. The van der Waals surface area contributed by atoms with Crippen molar-refractivity contribution in [2.45, 2.75) is 39.3 Å². The van der Waals surface area contributed by atoms with Gasteiger partial charge in [-0.1, -0.05) is 0 Å². The average molecular weight is 363 g/mol. The molecule has 1 aliphatic heterocycles. The van der Waals surface area contributed by atoms with Crippen LogP contribution in [0.25, 0.3) is 4.96 Å². The summed E-state index contributed by atoms with van der Waals surface area (Å²) >= 11 is 1.61. The number of nitrogens with zero attached hydrogens (tertiary/aromatic N) is 4. The number of guanidine groups is 1. The summed E-state index contributed by atoms with van der Waals surface area (Å²) in [6.45, 7) is 7.72. The lowest BCUT2D eigenvalue weighted by atomic mass is 10.1. The molecule has 0 aliphatic carbocycles. The fourth-order valence-electron chi connectivity index (χ4n) is 2.89. The summed E-state index contributed by atoms with van der Waals surface area (Å²) in [5.41, 5.74) is 0.522. The monoisotopic (exact) mass is 363 g/mol. The third-order valence-corrected chi connectivity index (χ3v) is 4.78. The van der Waals surface area contributed by atoms with Crippen LogP contribution in [0.1, 0.15) is 32.9 Å². The Labute approximate surface area is 151 Å². The highest BCUT2D eigenvalue weighted by Gasteiger charge is 2.33. The minimum absolute atomic E-state index is 0.101. The number of fused-ring (bicyclic) bond motifs is 1.